The second-order valence-corrected chi connectivity index (χ2v) is 10.3. The van der Waals surface area contributed by atoms with Crippen LogP contribution in [0.4, 0.5) is 0 Å². The van der Waals surface area contributed by atoms with Gasteiger partial charge in [-0.2, -0.15) is 9.78 Å². The van der Waals surface area contributed by atoms with Crippen LogP contribution in [0.3, 0.4) is 0 Å². The topological polar surface area (TPSA) is 110 Å². The minimum absolute atomic E-state index is 0.00952. The Morgan fingerprint density at radius 3 is 2.77 bits per heavy atom. The summed E-state index contributed by atoms with van der Waals surface area (Å²) in [5.41, 5.74) is 4.23. The molecule has 10 heteroatoms. The summed E-state index contributed by atoms with van der Waals surface area (Å²) in [7, 11) is 0. The number of hydrogen-bond acceptors (Lipinski definition) is 6. The molecule has 0 bridgehead atoms. The zero-order valence-corrected chi connectivity index (χ0v) is 22.3. The van der Waals surface area contributed by atoms with E-state index in [4.69, 9.17) is 11.6 Å². The average Bonchev–Trinajstić information content (AvgIpc) is 3.68. The van der Waals surface area contributed by atoms with Crippen LogP contribution in [0.5, 0.6) is 0 Å². The molecule has 0 radical (unpaired) electrons. The largest absolute Gasteiger partial charge is 0.328 e. The van der Waals surface area contributed by atoms with Crippen LogP contribution in [0, 0.1) is 0 Å². The summed E-state index contributed by atoms with van der Waals surface area (Å²) in [5.74, 6) is -0.317. The molecule has 1 saturated heterocycles. The standard InChI is InChI=1S/C30H26ClN7O2/c31-24-10-12-27(38-19-33-35-36-38)22(17-24)9-13-29(40)37-14-4-7-25(21-5-2-1-3-6-21)30(37)28(39)16-20-8-11-26-23(15-20)18-32-34-26/h1-3,5-6,8-13,15,17-19,25,30H,4,7,14,16H2,(H,32,34)/b13-9+/t25-,30-/m0/s1. The third-order valence-corrected chi connectivity index (χ3v) is 7.58. The number of nitrogens with zero attached hydrogens (tertiary/aromatic N) is 6. The van der Waals surface area contributed by atoms with Crippen LogP contribution in [-0.4, -0.2) is 59.6 Å². The molecule has 2 atom stereocenters. The van der Waals surface area contributed by atoms with E-state index in [9.17, 15) is 9.59 Å². The van der Waals surface area contributed by atoms with E-state index in [1.165, 1.54) is 17.1 Å². The molecular weight excluding hydrogens is 526 g/mol. The first-order valence-electron chi connectivity index (χ1n) is 13.1. The van der Waals surface area contributed by atoms with Crippen molar-refractivity contribution in [2.24, 2.45) is 0 Å². The Balaban J connectivity index is 1.31. The number of likely N-dealkylation sites (tertiary alicyclic amines) is 1. The number of rotatable bonds is 7. The van der Waals surface area contributed by atoms with Gasteiger partial charge in [0.05, 0.1) is 23.4 Å². The number of fused-ring (bicyclic) bond motifs is 1. The van der Waals surface area contributed by atoms with Crippen molar-refractivity contribution in [1.29, 1.82) is 0 Å². The van der Waals surface area contributed by atoms with Gasteiger partial charge in [0, 0.05) is 40.9 Å². The van der Waals surface area contributed by atoms with Crippen LogP contribution < -0.4 is 0 Å². The van der Waals surface area contributed by atoms with E-state index < -0.39 is 6.04 Å². The van der Waals surface area contributed by atoms with Crippen LogP contribution >= 0.6 is 11.6 Å². The Labute approximate surface area is 235 Å². The van der Waals surface area contributed by atoms with Gasteiger partial charge in [0.25, 0.3) is 0 Å². The number of benzene rings is 3. The summed E-state index contributed by atoms with van der Waals surface area (Å²) in [5, 5.41) is 19.9. The van der Waals surface area contributed by atoms with Crippen molar-refractivity contribution in [3.05, 3.63) is 107 Å². The van der Waals surface area contributed by atoms with Crippen molar-refractivity contribution in [3.8, 4) is 5.69 Å². The maximum atomic E-state index is 14.0. The van der Waals surface area contributed by atoms with E-state index in [0.29, 0.717) is 22.8 Å². The van der Waals surface area contributed by atoms with Gasteiger partial charge in [-0.3, -0.25) is 14.7 Å². The molecule has 1 aliphatic rings. The summed E-state index contributed by atoms with van der Waals surface area (Å²) in [6.45, 7) is 0.499. The van der Waals surface area contributed by atoms with E-state index in [1.807, 2.05) is 48.5 Å². The molecule has 1 N–H and O–H groups in total. The summed E-state index contributed by atoms with van der Waals surface area (Å²) in [6, 6.07) is 20.5. The second kappa shape index (κ2) is 11.2. The van der Waals surface area contributed by atoms with E-state index in [2.05, 4.69) is 25.7 Å². The number of tetrazole rings is 1. The summed E-state index contributed by atoms with van der Waals surface area (Å²) in [6.07, 6.45) is 8.28. The van der Waals surface area contributed by atoms with Crippen LogP contribution in [-0.2, 0) is 16.0 Å². The highest BCUT2D eigenvalue weighted by Crippen LogP contribution is 2.34. The van der Waals surface area contributed by atoms with Crippen molar-refractivity contribution in [2.45, 2.75) is 31.2 Å². The SMILES string of the molecule is O=C(Cc1ccc2[nH]ncc2c1)[C@@H]1[C@H](c2ccccc2)CCCN1C(=O)/C=C/c1cc(Cl)ccc1-n1cnnn1. The molecule has 0 unspecified atom stereocenters. The van der Waals surface area contributed by atoms with Gasteiger partial charge in [0.1, 0.15) is 6.33 Å². The van der Waals surface area contributed by atoms with Crippen molar-refractivity contribution < 1.29 is 9.59 Å². The number of nitrogens with one attached hydrogen (secondary N) is 1. The summed E-state index contributed by atoms with van der Waals surface area (Å²) in [4.78, 5) is 29.4. The molecule has 0 aliphatic carbocycles. The van der Waals surface area contributed by atoms with E-state index in [0.717, 1.165) is 34.9 Å². The minimum atomic E-state index is -0.591. The van der Waals surface area contributed by atoms with Gasteiger partial charge < -0.3 is 4.90 Å². The molecule has 5 aromatic rings. The molecule has 6 rings (SSSR count). The predicted octanol–water partition coefficient (Wildman–Crippen LogP) is 4.79. The normalized spacial score (nSPS) is 17.5. The molecule has 200 valence electrons. The summed E-state index contributed by atoms with van der Waals surface area (Å²) >= 11 is 6.26. The van der Waals surface area contributed by atoms with Crippen molar-refractivity contribution in [2.75, 3.05) is 6.54 Å². The van der Waals surface area contributed by atoms with Crippen LogP contribution in [0.15, 0.2) is 85.3 Å². The lowest BCUT2D eigenvalue weighted by atomic mass is 9.80. The first kappa shape index (κ1) is 25.6. The van der Waals surface area contributed by atoms with Crippen molar-refractivity contribution in [3.63, 3.8) is 0 Å². The van der Waals surface area contributed by atoms with Gasteiger partial charge in [0.15, 0.2) is 5.78 Å². The Hall–Kier alpha value is -4.63. The lowest BCUT2D eigenvalue weighted by molar-refractivity contribution is -0.138. The predicted molar refractivity (Wildman–Crippen MR) is 152 cm³/mol. The molecule has 0 saturated carbocycles. The monoisotopic (exact) mass is 551 g/mol. The third-order valence-electron chi connectivity index (χ3n) is 7.35. The minimum Gasteiger partial charge on any atom is -0.328 e. The fourth-order valence-electron chi connectivity index (χ4n) is 5.49. The smallest absolute Gasteiger partial charge is 0.247 e. The number of aromatic nitrogens is 6. The quantitative estimate of drug-likeness (QED) is 0.291. The molecule has 9 nitrogen and oxygen atoms in total. The van der Waals surface area contributed by atoms with E-state index in [1.54, 1.807) is 35.4 Å². The highest BCUT2D eigenvalue weighted by Gasteiger charge is 2.39. The number of ketones is 1. The number of piperidine rings is 1. The number of hydrogen-bond donors (Lipinski definition) is 1. The van der Waals surface area contributed by atoms with E-state index >= 15 is 0 Å². The maximum Gasteiger partial charge on any atom is 0.247 e. The van der Waals surface area contributed by atoms with Gasteiger partial charge in [-0.1, -0.05) is 48.0 Å². The van der Waals surface area contributed by atoms with Gasteiger partial charge in [0.2, 0.25) is 5.91 Å². The highest BCUT2D eigenvalue weighted by molar-refractivity contribution is 6.30. The van der Waals surface area contributed by atoms with Crippen molar-refractivity contribution >= 4 is 40.3 Å². The van der Waals surface area contributed by atoms with Gasteiger partial charge >= 0.3 is 0 Å². The first-order chi connectivity index (χ1) is 19.6. The Kier molecular flexibility index (Phi) is 7.20. The molecule has 2 aromatic heterocycles. The third kappa shape index (κ3) is 5.28. The lowest BCUT2D eigenvalue weighted by Crippen LogP contribution is -2.51. The number of aromatic amines is 1. The Morgan fingerprint density at radius 2 is 1.95 bits per heavy atom. The second-order valence-electron chi connectivity index (χ2n) is 9.86. The molecule has 3 heterocycles. The van der Waals surface area contributed by atoms with Crippen molar-refractivity contribution in [1.82, 2.24) is 35.3 Å². The van der Waals surface area contributed by atoms with Gasteiger partial charge in [-0.25, -0.2) is 0 Å². The van der Waals surface area contributed by atoms with Gasteiger partial charge in [-0.15, -0.1) is 5.10 Å². The fraction of sp³-hybridized carbons (Fsp3) is 0.200. The number of amides is 1. The van der Waals surface area contributed by atoms with E-state index in [-0.39, 0.29) is 24.0 Å². The number of Topliss-reactive ketones (excluding diaryl/α,β-unsaturated/α-hetero) is 1. The summed E-state index contributed by atoms with van der Waals surface area (Å²) < 4.78 is 1.51. The average molecular weight is 552 g/mol. The highest BCUT2D eigenvalue weighted by atomic mass is 35.5. The molecule has 40 heavy (non-hydrogen) atoms. The van der Waals surface area contributed by atoms with Crippen LogP contribution in [0.1, 0.15) is 35.4 Å². The first-order valence-corrected chi connectivity index (χ1v) is 13.5. The molecule has 1 aliphatic heterocycles. The number of halogens is 1. The molecule has 1 amide bonds. The molecule has 0 spiro atoms. The Morgan fingerprint density at radius 1 is 1.07 bits per heavy atom. The molecule has 3 aromatic carbocycles. The van der Waals surface area contributed by atoms with Gasteiger partial charge in [-0.05, 0) is 70.8 Å². The molecular formula is C30H26ClN7O2. The fourth-order valence-corrected chi connectivity index (χ4v) is 5.67. The lowest BCUT2D eigenvalue weighted by Gasteiger charge is -2.40. The molecule has 1 fully saturated rings. The number of carbonyl (C=O) groups is 2. The zero-order valence-electron chi connectivity index (χ0n) is 21.5. The zero-order chi connectivity index (χ0) is 27.5. The number of H-pyrrole nitrogens is 1. The van der Waals surface area contributed by atoms with Crippen LogP contribution in [0.2, 0.25) is 5.02 Å². The maximum absolute atomic E-state index is 14.0. The van der Waals surface area contributed by atoms with Crippen LogP contribution in [0.25, 0.3) is 22.7 Å². The Bertz CT molecular complexity index is 1680. The number of carbonyl (C=O) groups excluding carboxylic acids is 2.